The molecule has 9 heteroatoms. The summed E-state index contributed by atoms with van der Waals surface area (Å²) in [6.07, 6.45) is -0.358. The Morgan fingerprint density at radius 3 is 2.26 bits per heavy atom. The summed E-state index contributed by atoms with van der Waals surface area (Å²) in [5.41, 5.74) is 0.196. The zero-order chi connectivity index (χ0) is 20.0. The third kappa shape index (κ3) is 5.38. The summed E-state index contributed by atoms with van der Waals surface area (Å²) >= 11 is 0. The Balaban J connectivity index is 1.90. The molecule has 3 amide bonds. The number of halogens is 2. The molecule has 0 bridgehead atoms. The lowest BCUT2D eigenvalue weighted by Crippen LogP contribution is -2.51. The van der Waals surface area contributed by atoms with Crippen LogP contribution in [0, 0.1) is 11.6 Å². The predicted molar refractivity (Wildman–Crippen MR) is 94.2 cm³/mol. The molecule has 2 rings (SSSR count). The molecule has 27 heavy (non-hydrogen) atoms. The highest BCUT2D eigenvalue weighted by atomic mass is 19.2. The minimum atomic E-state index is -1.06. The van der Waals surface area contributed by atoms with Crippen LogP contribution in [0.15, 0.2) is 18.2 Å². The fourth-order valence-electron chi connectivity index (χ4n) is 2.84. The van der Waals surface area contributed by atoms with E-state index in [1.165, 1.54) is 22.8 Å². The van der Waals surface area contributed by atoms with Crippen molar-refractivity contribution in [2.24, 2.45) is 0 Å². The molecule has 0 radical (unpaired) electrons. The van der Waals surface area contributed by atoms with E-state index < -0.39 is 17.7 Å². The van der Waals surface area contributed by atoms with E-state index in [2.05, 4.69) is 0 Å². The number of nitrogens with zero attached hydrogens (tertiary/aromatic N) is 3. The average molecular weight is 383 g/mol. The van der Waals surface area contributed by atoms with Crippen LogP contribution >= 0.6 is 0 Å². The molecule has 0 N–H and O–H groups in total. The molecule has 1 heterocycles. The van der Waals surface area contributed by atoms with Gasteiger partial charge in [-0.05, 0) is 19.1 Å². The fraction of sp³-hybridized carbons (Fsp3) is 0.500. The minimum absolute atomic E-state index is 0.0397. The van der Waals surface area contributed by atoms with E-state index in [1.807, 2.05) is 0 Å². The Labute approximate surface area is 156 Å². The number of hydrogen-bond acceptors (Lipinski definition) is 4. The van der Waals surface area contributed by atoms with Gasteiger partial charge in [0.15, 0.2) is 11.6 Å². The molecule has 1 aliphatic heterocycles. The summed E-state index contributed by atoms with van der Waals surface area (Å²) in [5.74, 6) is -2.61. The van der Waals surface area contributed by atoms with Gasteiger partial charge in [0.1, 0.15) is 0 Å². The third-order valence-corrected chi connectivity index (χ3v) is 4.30. The molecule has 1 saturated heterocycles. The zero-order valence-corrected chi connectivity index (χ0v) is 15.4. The predicted octanol–water partition coefficient (Wildman–Crippen LogP) is 2.01. The molecule has 7 nitrogen and oxygen atoms in total. The first-order valence-electron chi connectivity index (χ1n) is 8.76. The normalized spacial score (nSPS) is 14.1. The van der Waals surface area contributed by atoms with Crippen molar-refractivity contribution in [1.82, 2.24) is 9.80 Å². The standard InChI is InChI=1S/C18H23F2N3O4/c1-3-27-18(26)22-10-8-21(9-11-22)17(25)6-7-23(13(2)24)14-4-5-15(19)16(20)12-14/h4-5,12H,3,6-11H2,1-2H3. The van der Waals surface area contributed by atoms with Crippen LogP contribution in [-0.4, -0.2) is 67.0 Å². The first-order chi connectivity index (χ1) is 12.8. The Morgan fingerprint density at radius 1 is 1.07 bits per heavy atom. The van der Waals surface area contributed by atoms with Gasteiger partial charge in [0.25, 0.3) is 0 Å². The number of carbonyl (C=O) groups excluding carboxylic acids is 3. The molecule has 0 unspecified atom stereocenters. The van der Waals surface area contributed by atoms with Gasteiger partial charge in [-0.3, -0.25) is 9.59 Å². The van der Waals surface area contributed by atoms with Crippen LogP contribution in [0.3, 0.4) is 0 Å². The van der Waals surface area contributed by atoms with E-state index in [4.69, 9.17) is 4.74 Å². The average Bonchev–Trinajstić information content (AvgIpc) is 2.64. The van der Waals surface area contributed by atoms with E-state index in [1.54, 1.807) is 11.8 Å². The van der Waals surface area contributed by atoms with Crippen LogP contribution in [0.1, 0.15) is 20.3 Å². The van der Waals surface area contributed by atoms with Crippen molar-refractivity contribution in [3.05, 3.63) is 29.8 Å². The Bertz CT molecular complexity index is 706. The maximum absolute atomic E-state index is 13.4. The number of ether oxygens (including phenoxy) is 1. The Kier molecular flexibility index (Phi) is 7.09. The Hall–Kier alpha value is -2.71. The maximum Gasteiger partial charge on any atom is 0.409 e. The Morgan fingerprint density at radius 2 is 1.70 bits per heavy atom. The van der Waals surface area contributed by atoms with E-state index in [0.29, 0.717) is 32.8 Å². The lowest BCUT2D eigenvalue weighted by molar-refractivity contribution is -0.132. The maximum atomic E-state index is 13.4. The van der Waals surface area contributed by atoms with Gasteiger partial charge in [-0.2, -0.15) is 0 Å². The van der Waals surface area contributed by atoms with Crippen LogP contribution in [0.5, 0.6) is 0 Å². The second-order valence-electron chi connectivity index (χ2n) is 6.09. The van der Waals surface area contributed by atoms with Crippen molar-refractivity contribution in [2.75, 3.05) is 44.2 Å². The third-order valence-electron chi connectivity index (χ3n) is 4.30. The highest BCUT2D eigenvalue weighted by molar-refractivity contribution is 5.92. The van der Waals surface area contributed by atoms with Gasteiger partial charge in [0, 0.05) is 57.8 Å². The molecule has 0 atom stereocenters. The van der Waals surface area contributed by atoms with E-state index in [9.17, 15) is 23.2 Å². The fourth-order valence-corrected chi connectivity index (χ4v) is 2.84. The molecule has 0 spiro atoms. The lowest BCUT2D eigenvalue weighted by Gasteiger charge is -2.34. The van der Waals surface area contributed by atoms with E-state index >= 15 is 0 Å². The highest BCUT2D eigenvalue weighted by Crippen LogP contribution is 2.19. The molecular weight excluding hydrogens is 360 g/mol. The number of rotatable bonds is 5. The van der Waals surface area contributed by atoms with Gasteiger partial charge in [0.2, 0.25) is 11.8 Å². The molecule has 0 aliphatic carbocycles. The minimum Gasteiger partial charge on any atom is -0.450 e. The second-order valence-corrected chi connectivity index (χ2v) is 6.09. The van der Waals surface area contributed by atoms with Gasteiger partial charge in [-0.25, -0.2) is 13.6 Å². The second kappa shape index (κ2) is 9.29. The van der Waals surface area contributed by atoms with Crippen LogP contribution in [-0.2, 0) is 14.3 Å². The van der Waals surface area contributed by atoms with Crippen molar-refractivity contribution in [2.45, 2.75) is 20.3 Å². The number of amides is 3. The monoisotopic (exact) mass is 383 g/mol. The summed E-state index contributed by atoms with van der Waals surface area (Å²) < 4.78 is 31.4. The molecular formula is C18H23F2N3O4. The number of hydrogen-bond donors (Lipinski definition) is 0. The summed E-state index contributed by atoms with van der Waals surface area (Å²) in [5, 5.41) is 0. The topological polar surface area (TPSA) is 70.2 Å². The van der Waals surface area contributed by atoms with Gasteiger partial charge in [-0.15, -0.1) is 0 Å². The summed E-state index contributed by atoms with van der Waals surface area (Å²) in [6.45, 7) is 4.88. The van der Waals surface area contributed by atoms with Gasteiger partial charge in [-0.1, -0.05) is 0 Å². The number of benzene rings is 1. The zero-order valence-electron chi connectivity index (χ0n) is 15.4. The number of anilines is 1. The molecule has 0 aromatic heterocycles. The highest BCUT2D eigenvalue weighted by Gasteiger charge is 2.25. The summed E-state index contributed by atoms with van der Waals surface area (Å²) in [6, 6.07) is 3.17. The summed E-state index contributed by atoms with van der Waals surface area (Å²) in [4.78, 5) is 40.3. The first-order valence-corrected chi connectivity index (χ1v) is 8.76. The molecule has 1 aromatic rings. The quantitative estimate of drug-likeness (QED) is 0.780. The van der Waals surface area contributed by atoms with Gasteiger partial charge in [0.05, 0.1) is 6.61 Å². The number of piperazine rings is 1. The van der Waals surface area contributed by atoms with Crippen LogP contribution < -0.4 is 4.90 Å². The molecule has 1 aromatic carbocycles. The van der Waals surface area contributed by atoms with Crippen molar-refractivity contribution in [3.63, 3.8) is 0 Å². The molecule has 148 valence electrons. The van der Waals surface area contributed by atoms with Crippen LogP contribution in [0.25, 0.3) is 0 Å². The van der Waals surface area contributed by atoms with E-state index in [-0.39, 0.29) is 30.5 Å². The number of carbonyl (C=O) groups is 3. The SMILES string of the molecule is CCOC(=O)N1CCN(C(=O)CCN(C(C)=O)c2ccc(F)c(F)c2)CC1. The van der Waals surface area contributed by atoms with Crippen molar-refractivity contribution in [3.8, 4) is 0 Å². The molecule has 1 aliphatic rings. The summed E-state index contributed by atoms with van der Waals surface area (Å²) in [7, 11) is 0. The van der Waals surface area contributed by atoms with Crippen molar-refractivity contribution >= 4 is 23.6 Å². The van der Waals surface area contributed by atoms with Crippen molar-refractivity contribution in [1.29, 1.82) is 0 Å². The van der Waals surface area contributed by atoms with Crippen LogP contribution in [0.4, 0.5) is 19.3 Å². The smallest absolute Gasteiger partial charge is 0.409 e. The molecule has 1 fully saturated rings. The van der Waals surface area contributed by atoms with Crippen molar-refractivity contribution < 1.29 is 27.9 Å². The van der Waals surface area contributed by atoms with Crippen LogP contribution in [0.2, 0.25) is 0 Å². The van der Waals surface area contributed by atoms with Gasteiger partial charge < -0.3 is 19.4 Å². The van der Waals surface area contributed by atoms with E-state index in [0.717, 1.165) is 12.1 Å². The molecule has 0 saturated carbocycles. The first kappa shape index (κ1) is 20.6. The lowest BCUT2D eigenvalue weighted by atomic mass is 10.2. The largest absolute Gasteiger partial charge is 0.450 e. The van der Waals surface area contributed by atoms with Gasteiger partial charge >= 0.3 is 6.09 Å².